The lowest BCUT2D eigenvalue weighted by molar-refractivity contribution is 0.00831. The molecule has 3 heterocycles. The van der Waals surface area contributed by atoms with Gasteiger partial charge in [-0.05, 0) is 37.3 Å². The normalized spacial score (nSPS) is 14.7. The monoisotopic (exact) mass is 423 g/mol. The maximum absolute atomic E-state index is 12.6. The van der Waals surface area contributed by atoms with Gasteiger partial charge in [0, 0.05) is 25.1 Å². The lowest BCUT2D eigenvalue weighted by atomic mass is 10.1. The second-order valence-electron chi connectivity index (χ2n) is 5.52. The van der Waals surface area contributed by atoms with Gasteiger partial charge < -0.3 is 15.4 Å². The van der Waals surface area contributed by atoms with Gasteiger partial charge in [-0.25, -0.2) is 4.98 Å². The van der Waals surface area contributed by atoms with Crippen LogP contribution in [0.15, 0.2) is 22.9 Å². The number of thiazole rings is 1. The number of piperidine rings is 1. The molecule has 0 aromatic carbocycles. The zero-order valence-electron chi connectivity index (χ0n) is 13.8. The average molecular weight is 424 g/mol. The molecule has 0 bridgehead atoms. The summed E-state index contributed by atoms with van der Waals surface area (Å²) in [4.78, 5) is 20.1. The highest BCUT2D eigenvalue weighted by atomic mass is 35.5. The molecule has 0 radical (unpaired) electrons. The summed E-state index contributed by atoms with van der Waals surface area (Å²) in [5.41, 5.74) is 6.03. The number of nitrogens with two attached hydrogens (primary N) is 1. The van der Waals surface area contributed by atoms with E-state index in [-0.39, 0.29) is 36.8 Å². The van der Waals surface area contributed by atoms with E-state index in [1.54, 1.807) is 11.3 Å². The maximum atomic E-state index is 12.6. The van der Waals surface area contributed by atoms with Gasteiger partial charge in [0.1, 0.15) is 10.7 Å². The minimum absolute atomic E-state index is 0. The fourth-order valence-electron chi connectivity index (χ4n) is 2.61. The lowest BCUT2D eigenvalue weighted by Gasteiger charge is -2.31. The van der Waals surface area contributed by atoms with Crippen LogP contribution in [0.3, 0.4) is 0 Å². The predicted octanol–water partition coefficient (Wildman–Crippen LogP) is 3.69. The molecule has 2 aromatic rings. The van der Waals surface area contributed by atoms with Crippen molar-refractivity contribution in [3.63, 3.8) is 0 Å². The summed E-state index contributed by atoms with van der Waals surface area (Å²) in [6.45, 7) is 2.84. The topological polar surface area (TPSA) is 68.5 Å². The Morgan fingerprint density at radius 2 is 2.08 bits per heavy atom. The molecule has 5 nitrogen and oxygen atoms in total. The molecule has 0 aliphatic carbocycles. The molecule has 0 saturated carbocycles. The van der Waals surface area contributed by atoms with Gasteiger partial charge in [-0.3, -0.25) is 4.79 Å². The first-order valence-electron chi connectivity index (χ1n) is 7.88. The number of aromatic nitrogens is 1. The molecule has 2 aromatic heterocycles. The molecule has 1 fully saturated rings. The standard InChI is InChI=1S/C16H21N3O2S2.2ClH/c17-6-2-9-21-12-4-7-19(8-5-12)16(20)13-11-23-15(18-13)14-3-1-10-22-14;;/h1,3,10-12H,2,4-9,17H2;2*1H. The van der Waals surface area contributed by atoms with Crippen molar-refractivity contribution in [3.8, 4) is 9.88 Å². The van der Waals surface area contributed by atoms with Crippen LogP contribution in [0.2, 0.25) is 0 Å². The first-order chi connectivity index (χ1) is 11.3. The number of thiophene rings is 1. The molecule has 1 amide bonds. The number of rotatable bonds is 6. The number of carbonyl (C=O) groups is 1. The van der Waals surface area contributed by atoms with Crippen molar-refractivity contribution in [3.05, 3.63) is 28.6 Å². The highest BCUT2D eigenvalue weighted by molar-refractivity contribution is 7.20. The zero-order valence-corrected chi connectivity index (χ0v) is 17.0. The Kier molecular flexibility index (Phi) is 9.92. The Morgan fingerprint density at radius 1 is 1.32 bits per heavy atom. The van der Waals surface area contributed by atoms with Crippen molar-refractivity contribution in [2.24, 2.45) is 5.73 Å². The first kappa shape index (κ1) is 22.3. The van der Waals surface area contributed by atoms with Crippen LogP contribution < -0.4 is 5.73 Å². The third-order valence-corrected chi connectivity index (χ3v) is 5.77. The van der Waals surface area contributed by atoms with Crippen LogP contribution >= 0.6 is 47.5 Å². The number of hydrogen-bond acceptors (Lipinski definition) is 6. The van der Waals surface area contributed by atoms with Crippen molar-refractivity contribution >= 4 is 53.4 Å². The van der Waals surface area contributed by atoms with Gasteiger partial charge in [0.25, 0.3) is 5.91 Å². The van der Waals surface area contributed by atoms with E-state index in [9.17, 15) is 4.79 Å². The van der Waals surface area contributed by atoms with Crippen molar-refractivity contribution in [1.29, 1.82) is 0 Å². The smallest absolute Gasteiger partial charge is 0.273 e. The molecule has 140 valence electrons. The first-order valence-corrected chi connectivity index (χ1v) is 9.64. The largest absolute Gasteiger partial charge is 0.378 e. The molecule has 0 spiro atoms. The van der Waals surface area contributed by atoms with Gasteiger partial charge in [-0.2, -0.15) is 0 Å². The molecular weight excluding hydrogens is 401 g/mol. The highest BCUT2D eigenvalue weighted by Gasteiger charge is 2.25. The van der Waals surface area contributed by atoms with E-state index in [0.29, 0.717) is 18.8 Å². The number of amides is 1. The number of carbonyl (C=O) groups excluding carboxylic acids is 1. The second-order valence-corrected chi connectivity index (χ2v) is 7.33. The summed E-state index contributed by atoms with van der Waals surface area (Å²) in [6, 6.07) is 4.03. The van der Waals surface area contributed by atoms with E-state index in [2.05, 4.69) is 4.98 Å². The van der Waals surface area contributed by atoms with Gasteiger partial charge >= 0.3 is 0 Å². The van der Waals surface area contributed by atoms with Crippen LogP contribution in [0.4, 0.5) is 0 Å². The summed E-state index contributed by atoms with van der Waals surface area (Å²) in [6.07, 6.45) is 2.92. The van der Waals surface area contributed by atoms with E-state index in [1.165, 1.54) is 11.3 Å². The predicted molar refractivity (Wildman–Crippen MR) is 108 cm³/mol. The Hall–Kier alpha value is -0.700. The molecule has 9 heteroatoms. The van der Waals surface area contributed by atoms with Crippen LogP contribution in [0, 0.1) is 0 Å². The van der Waals surface area contributed by atoms with E-state index in [4.69, 9.17) is 10.5 Å². The third kappa shape index (κ3) is 5.91. The van der Waals surface area contributed by atoms with Gasteiger partial charge in [0.15, 0.2) is 0 Å². The Balaban J connectivity index is 0.00000156. The molecule has 1 aliphatic heterocycles. The van der Waals surface area contributed by atoms with Gasteiger partial charge in [0.2, 0.25) is 0 Å². The molecule has 1 saturated heterocycles. The van der Waals surface area contributed by atoms with Gasteiger partial charge in [-0.15, -0.1) is 47.5 Å². The van der Waals surface area contributed by atoms with Gasteiger partial charge in [0.05, 0.1) is 11.0 Å². The van der Waals surface area contributed by atoms with Gasteiger partial charge in [-0.1, -0.05) is 6.07 Å². The Labute approximate surface area is 168 Å². The highest BCUT2D eigenvalue weighted by Crippen LogP contribution is 2.28. The molecular formula is C16H23Cl2N3O2S2. The third-order valence-electron chi connectivity index (χ3n) is 3.89. The SMILES string of the molecule is Cl.Cl.NCCCOC1CCN(C(=O)c2csc(-c3cccs3)n2)CC1. The molecule has 1 aliphatic rings. The van der Waals surface area contributed by atoms with Crippen LogP contribution in [0.5, 0.6) is 0 Å². The summed E-state index contributed by atoms with van der Waals surface area (Å²) in [7, 11) is 0. The fourth-order valence-corrected chi connectivity index (χ4v) is 4.21. The molecule has 25 heavy (non-hydrogen) atoms. The summed E-state index contributed by atoms with van der Waals surface area (Å²) >= 11 is 3.17. The number of halogens is 2. The molecule has 2 N–H and O–H groups in total. The number of hydrogen-bond donors (Lipinski definition) is 1. The van der Waals surface area contributed by atoms with Crippen molar-refractivity contribution < 1.29 is 9.53 Å². The number of nitrogens with zero attached hydrogens (tertiary/aromatic N) is 2. The van der Waals surface area contributed by atoms with Crippen molar-refractivity contribution in [2.45, 2.75) is 25.4 Å². The fraction of sp³-hybridized carbons (Fsp3) is 0.500. The Morgan fingerprint density at radius 3 is 2.72 bits per heavy atom. The quantitative estimate of drug-likeness (QED) is 0.719. The van der Waals surface area contributed by atoms with E-state index in [1.807, 2.05) is 27.8 Å². The molecule has 0 atom stereocenters. The maximum Gasteiger partial charge on any atom is 0.273 e. The summed E-state index contributed by atoms with van der Waals surface area (Å²) in [5, 5.41) is 4.80. The summed E-state index contributed by atoms with van der Waals surface area (Å²) in [5.74, 6) is 0.0319. The van der Waals surface area contributed by atoms with E-state index < -0.39 is 0 Å². The zero-order chi connectivity index (χ0) is 16.1. The van der Waals surface area contributed by atoms with Crippen LogP contribution in [0.25, 0.3) is 9.88 Å². The minimum atomic E-state index is 0. The second kappa shape index (κ2) is 11.1. The summed E-state index contributed by atoms with van der Waals surface area (Å²) < 4.78 is 5.78. The van der Waals surface area contributed by atoms with Crippen LogP contribution in [-0.2, 0) is 4.74 Å². The molecule has 0 unspecified atom stereocenters. The van der Waals surface area contributed by atoms with Crippen LogP contribution in [0.1, 0.15) is 29.8 Å². The average Bonchev–Trinajstić information content (AvgIpc) is 3.26. The van der Waals surface area contributed by atoms with Crippen molar-refractivity contribution in [1.82, 2.24) is 9.88 Å². The van der Waals surface area contributed by atoms with E-state index in [0.717, 1.165) is 42.2 Å². The number of ether oxygens (including phenoxy) is 1. The van der Waals surface area contributed by atoms with Crippen molar-refractivity contribution in [2.75, 3.05) is 26.2 Å². The lowest BCUT2D eigenvalue weighted by Crippen LogP contribution is -2.41. The van der Waals surface area contributed by atoms with E-state index >= 15 is 0 Å². The Bertz CT molecular complexity index is 629. The van der Waals surface area contributed by atoms with Crippen LogP contribution in [-0.4, -0.2) is 48.1 Å². The number of likely N-dealkylation sites (tertiary alicyclic amines) is 1. The minimum Gasteiger partial charge on any atom is -0.378 e. The molecule has 3 rings (SSSR count).